The monoisotopic (exact) mass is 274 g/mol. The van der Waals surface area contributed by atoms with Gasteiger partial charge in [0, 0.05) is 19.1 Å². The zero-order valence-corrected chi connectivity index (χ0v) is 13.2. The van der Waals surface area contributed by atoms with E-state index in [4.69, 9.17) is 0 Å². The molecule has 0 aliphatic carbocycles. The van der Waals surface area contributed by atoms with Crippen LogP contribution in [0.2, 0.25) is 0 Å². The highest BCUT2D eigenvalue weighted by Crippen LogP contribution is 2.32. The largest absolute Gasteiger partial charge is 0.381 e. The summed E-state index contributed by atoms with van der Waals surface area (Å²) in [7, 11) is 0. The number of nitrogens with zero attached hydrogens (tertiary/aromatic N) is 1. The molecule has 0 aromatic heterocycles. The Morgan fingerprint density at radius 2 is 1.80 bits per heavy atom. The van der Waals surface area contributed by atoms with E-state index in [1.807, 2.05) is 0 Å². The number of benzene rings is 1. The summed E-state index contributed by atoms with van der Waals surface area (Å²) in [6.07, 6.45) is 9.31. The quantitative estimate of drug-likeness (QED) is 0.667. The fraction of sp³-hybridized carbons (Fsp3) is 0.667. The van der Waals surface area contributed by atoms with Crippen molar-refractivity contribution in [2.24, 2.45) is 0 Å². The van der Waals surface area contributed by atoms with Gasteiger partial charge in [0.2, 0.25) is 0 Å². The topological polar surface area (TPSA) is 15.3 Å². The van der Waals surface area contributed by atoms with Crippen molar-refractivity contribution in [3.05, 3.63) is 24.3 Å². The van der Waals surface area contributed by atoms with Gasteiger partial charge in [-0.3, -0.25) is 0 Å². The summed E-state index contributed by atoms with van der Waals surface area (Å²) in [6, 6.07) is 9.47. The maximum absolute atomic E-state index is 3.62. The fourth-order valence-electron chi connectivity index (χ4n) is 3.13. The normalized spacial score (nSPS) is 17.7. The van der Waals surface area contributed by atoms with Crippen LogP contribution >= 0.6 is 0 Å². The van der Waals surface area contributed by atoms with E-state index in [9.17, 15) is 0 Å². The Morgan fingerprint density at radius 1 is 1.05 bits per heavy atom. The number of unbranched alkanes of at least 4 members (excludes halogenated alkanes) is 4. The van der Waals surface area contributed by atoms with Crippen LogP contribution in [0.25, 0.3) is 0 Å². The van der Waals surface area contributed by atoms with Crippen molar-refractivity contribution in [3.8, 4) is 0 Å². The molecule has 20 heavy (non-hydrogen) atoms. The summed E-state index contributed by atoms with van der Waals surface area (Å²) < 4.78 is 0. The molecule has 112 valence electrons. The Hall–Kier alpha value is -1.18. The third kappa shape index (κ3) is 3.91. The smallest absolute Gasteiger partial charge is 0.0605 e. The standard InChI is InChI=1S/C18H30N2/c1-3-5-7-11-16-15-19-17-12-8-9-13-18(17)20(16)14-10-6-4-2/h8-9,12-13,16,19H,3-7,10-11,14-15H2,1-2H3. The molecule has 2 heteroatoms. The Balaban J connectivity index is 2.04. The van der Waals surface area contributed by atoms with Gasteiger partial charge in [-0.2, -0.15) is 0 Å². The Morgan fingerprint density at radius 3 is 2.60 bits per heavy atom. The van der Waals surface area contributed by atoms with Gasteiger partial charge in [0.1, 0.15) is 0 Å². The molecule has 0 fully saturated rings. The lowest BCUT2D eigenvalue weighted by Gasteiger charge is -2.40. The number of nitrogens with one attached hydrogen (secondary N) is 1. The minimum Gasteiger partial charge on any atom is -0.381 e. The molecule has 2 nitrogen and oxygen atoms in total. The maximum Gasteiger partial charge on any atom is 0.0605 e. The average Bonchev–Trinajstić information content (AvgIpc) is 2.49. The van der Waals surface area contributed by atoms with Gasteiger partial charge in [0.05, 0.1) is 11.4 Å². The minimum atomic E-state index is 0.674. The number of fused-ring (bicyclic) bond motifs is 1. The number of hydrogen-bond acceptors (Lipinski definition) is 2. The molecule has 1 heterocycles. The first kappa shape index (κ1) is 15.2. The van der Waals surface area contributed by atoms with Crippen LogP contribution in [0.15, 0.2) is 24.3 Å². The summed E-state index contributed by atoms with van der Waals surface area (Å²) in [4.78, 5) is 2.66. The van der Waals surface area contributed by atoms with Gasteiger partial charge in [0.15, 0.2) is 0 Å². The molecular weight excluding hydrogens is 244 g/mol. The third-order valence-electron chi connectivity index (χ3n) is 4.33. The van der Waals surface area contributed by atoms with Crippen LogP contribution < -0.4 is 10.2 Å². The fourth-order valence-corrected chi connectivity index (χ4v) is 3.13. The highest BCUT2D eigenvalue weighted by atomic mass is 15.2. The van der Waals surface area contributed by atoms with E-state index in [-0.39, 0.29) is 0 Å². The molecule has 2 rings (SSSR count). The highest BCUT2D eigenvalue weighted by Gasteiger charge is 2.24. The lowest BCUT2D eigenvalue weighted by Crippen LogP contribution is -2.44. The highest BCUT2D eigenvalue weighted by molar-refractivity contribution is 5.72. The van der Waals surface area contributed by atoms with E-state index in [1.54, 1.807) is 0 Å². The van der Waals surface area contributed by atoms with Crippen molar-refractivity contribution in [1.29, 1.82) is 0 Å². The van der Waals surface area contributed by atoms with Gasteiger partial charge in [-0.1, -0.05) is 58.1 Å². The molecule has 1 aliphatic heterocycles. The second-order valence-corrected chi connectivity index (χ2v) is 5.95. The maximum atomic E-state index is 3.62. The second-order valence-electron chi connectivity index (χ2n) is 5.95. The predicted octanol–water partition coefficient (Wildman–Crippen LogP) is 5.06. The van der Waals surface area contributed by atoms with Crippen LogP contribution in [0.4, 0.5) is 11.4 Å². The lowest BCUT2D eigenvalue weighted by molar-refractivity contribution is 0.512. The molecule has 1 unspecified atom stereocenters. The minimum absolute atomic E-state index is 0.674. The molecule has 0 saturated carbocycles. The molecule has 0 bridgehead atoms. The van der Waals surface area contributed by atoms with Crippen molar-refractivity contribution in [1.82, 2.24) is 0 Å². The van der Waals surface area contributed by atoms with E-state index >= 15 is 0 Å². The molecule has 0 radical (unpaired) electrons. The molecule has 1 atom stereocenters. The first-order valence-electron chi connectivity index (χ1n) is 8.46. The van der Waals surface area contributed by atoms with Gasteiger partial charge in [-0.25, -0.2) is 0 Å². The van der Waals surface area contributed by atoms with Gasteiger partial charge >= 0.3 is 0 Å². The molecule has 1 aromatic rings. The van der Waals surface area contributed by atoms with Crippen molar-refractivity contribution < 1.29 is 0 Å². The van der Waals surface area contributed by atoms with E-state index < -0.39 is 0 Å². The van der Waals surface area contributed by atoms with E-state index in [2.05, 4.69) is 48.3 Å². The number of para-hydroxylation sites is 2. The van der Waals surface area contributed by atoms with Gasteiger partial charge in [-0.15, -0.1) is 0 Å². The Labute approximate surface area is 124 Å². The Kier molecular flexibility index (Phi) is 6.23. The predicted molar refractivity (Wildman–Crippen MR) is 89.7 cm³/mol. The third-order valence-corrected chi connectivity index (χ3v) is 4.33. The van der Waals surface area contributed by atoms with Crippen LogP contribution in [0.3, 0.4) is 0 Å². The van der Waals surface area contributed by atoms with Crippen molar-refractivity contribution in [3.63, 3.8) is 0 Å². The second kappa shape index (κ2) is 8.18. The van der Waals surface area contributed by atoms with Gasteiger partial charge in [0.25, 0.3) is 0 Å². The van der Waals surface area contributed by atoms with Gasteiger partial charge in [-0.05, 0) is 25.0 Å². The SMILES string of the molecule is CCCCCC1CNc2ccccc2N1CCCCC. The molecular formula is C18H30N2. The summed E-state index contributed by atoms with van der Waals surface area (Å²) in [5.74, 6) is 0. The Bertz CT molecular complexity index is 389. The van der Waals surface area contributed by atoms with Crippen molar-refractivity contribution in [2.75, 3.05) is 23.3 Å². The van der Waals surface area contributed by atoms with Crippen LogP contribution in [0.1, 0.15) is 58.8 Å². The molecule has 1 N–H and O–H groups in total. The van der Waals surface area contributed by atoms with E-state index in [0.717, 1.165) is 6.54 Å². The molecule has 1 aliphatic rings. The van der Waals surface area contributed by atoms with E-state index in [0.29, 0.717) is 6.04 Å². The number of rotatable bonds is 8. The molecule has 0 spiro atoms. The molecule has 0 saturated heterocycles. The summed E-state index contributed by atoms with van der Waals surface area (Å²) in [5, 5.41) is 3.62. The van der Waals surface area contributed by atoms with Gasteiger partial charge < -0.3 is 10.2 Å². The zero-order valence-electron chi connectivity index (χ0n) is 13.2. The average molecular weight is 274 g/mol. The summed E-state index contributed by atoms with van der Waals surface area (Å²) in [6.45, 7) is 6.88. The molecule has 1 aromatic carbocycles. The zero-order chi connectivity index (χ0) is 14.2. The first-order valence-corrected chi connectivity index (χ1v) is 8.46. The van der Waals surface area contributed by atoms with Crippen LogP contribution in [0.5, 0.6) is 0 Å². The van der Waals surface area contributed by atoms with E-state index in [1.165, 1.54) is 62.9 Å². The lowest BCUT2D eigenvalue weighted by atomic mass is 10.0. The van der Waals surface area contributed by atoms with Crippen molar-refractivity contribution >= 4 is 11.4 Å². The number of anilines is 2. The summed E-state index contributed by atoms with van der Waals surface area (Å²) in [5.41, 5.74) is 2.73. The first-order chi connectivity index (χ1) is 9.86. The van der Waals surface area contributed by atoms with Crippen LogP contribution in [-0.4, -0.2) is 19.1 Å². The molecule has 0 amide bonds. The van der Waals surface area contributed by atoms with Crippen molar-refractivity contribution in [2.45, 2.75) is 64.8 Å². The van der Waals surface area contributed by atoms with Crippen LogP contribution in [-0.2, 0) is 0 Å². The summed E-state index contributed by atoms with van der Waals surface area (Å²) >= 11 is 0. The number of hydrogen-bond donors (Lipinski definition) is 1. The van der Waals surface area contributed by atoms with Crippen LogP contribution in [0, 0.1) is 0 Å².